The molecule has 112 valence electrons. The largest absolute Gasteiger partial charge is 0.497 e. The minimum absolute atomic E-state index is 0.914. The second-order valence-electron chi connectivity index (χ2n) is 5.63. The van der Waals surface area contributed by atoms with Gasteiger partial charge in [-0.05, 0) is 72.7 Å². The Kier molecular flexibility index (Phi) is 4.15. The molecule has 0 aliphatic heterocycles. The molecule has 1 saturated carbocycles. The molecule has 2 aliphatic carbocycles. The number of methoxy groups -OCH3 is 1. The van der Waals surface area contributed by atoms with E-state index in [9.17, 15) is 0 Å². The minimum atomic E-state index is 0.914. The van der Waals surface area contributed by atoms with Gasteiger partial charge in [-0.25, -0.2) is 0 Å². The van der Waals surface area contributed by atoms with Crippen molar-refractivity contribution in [2.24, 2.45) is 0 Å². The molecular weight excluding hydrogens is 268 g/mol. The van der Waals surface area contributed by atoms with Crippen molar-refractivity contribution in [3.63, 3.8) is 0 Å². The van der Waals surface area contributed by atoms with Crippen LogP contribution in [0.25, 0.3) is 11.1 Å². The molecule has 1 aromatic carbocycles. The zero-order chi connectivity index (χ0) is 15.5. The van der Waals surface area contributed by atoms with E-state index >= 15 is 0 Å². The summed E-state index contributed by atoms with van der Waals surface area (Å²) in [4.78, 5) is 0. The zero-order valence-corrected chi connectivity index (χ0v) is 13.5. The van der Waals surface area contributed by atoms with E-state index in [2.05, 4.69) is 61.6 Å². The van der Waals surface area contributed by atoms with Crippen LogP contribution in [-0.2, 0) is 0 Å². The molecule has 22 heavy (non-hydrogen) atoms. The van der Waals surface area contributed by atoms with E-state index in [0.717, 1.165) is 5.75 Å². The molecule has 0 unspecified atom stereocenters. The van der Waals surface area contributed by atoms with Gasteiger partial charge in [0, 0.05) is 0 Å². The van der Waals surface area contributed by atoms with Gasteiger partial charge in [0.25, 0.3) is 0 Å². The van der Waals surface area contributed by atoms with Crippen molar-refractivity contribution >= 4 is 11.1 Å². The van der Waals surface area contributed by atoms with Crippen molar-refractivity contribution in [3.05, 3.63) is 76.9 Å². The predicted molar refractivity (Wildman–Crippen MR) is 94.8 cm³/mol. The highest BCUT2D eigenvalue weighted by atomic mass is 16.5. The third-order valence-electron chi connectivity index (χ3n) is 4.10. The van der Waals surface area contributed by atoms with Gasteiger partial charge in [0.2, 0.25) is 0 Å². The van der Waals surface area contributed by atoms with Crippen LogP contribution >= 0.6 is 0 Å². The highest BCUT2D eigenvalue weighted by Gasteiger charge is 2.26. The van der Waals surface area contributed by atoms with Crippen LogP contribution in [0.15, 0.2) is 65.8 Å². The lowest BCUT2D eigenvalue weighted by Crippen LogP contribution is -1.90. The van der Waals surface area contributed by atoms with Crippen LogP contribution in [0.2, 0.25) is 0 Å². The number of rotatable bonds is 4. The molecule has 0 N–H and O–H groups in total. The van der Waals surface area contributed by atoms with Crippen LogP contribution in [0, 0.1) is 0 Å². The molecule has 1 aromatic rings. The number of fused-ring (bicyclic) bond motifs is 1. The first-order valence-electron chi connectivity index (χ1n) is 7.87. The van der Waals surface area contributed by atoms with Crippen LogP contribution in [0.3, 0.4) is 0 Å². The smallest absolute Gasteiger partial charge is 0.119 e. The molecular formula is C21H22O. The van der Waals surface area contributed by atoms with Gasteiger partial charge in [-0.3, -0.25) is 0 Å². The van der Waals surface area contributed by atoms with Crippen LogP contribution < -0.4 is 4.74 Å². The molecule has 0 spiro atoms. The third-order valence-corrected chi connectivity index (χ3v) is 4.10. The van der Waals surface area contributed by atoms with E-state index in [1.165, 1.54) is 40.7 Å². The van der Waals surface area contributed by atoms with Crippen molar-refractivity contribution in [1.29, 1.82) is 0 Å². The first kappa shape index (κ1) is 14.6. The van der Waals surface area contributed by atoms with E-state index in [1.54, 1.807) is 12.7 Å². The summed E-state index contributed by atoms with van der Waals surface area (Å²) in [6.45, 7) is 4.10. The Morgan fingerprint density at radius 1 is 1.09 bits per heavy atom. The average Bonchev–Trinajstić information content (AvgIpc) is 3.32. The highest BCUT2D eigenvalue weighted by molar-refractivity contribution is 6.03. The lowest BCUT2D eigenvalue weighted by molar-refractivity contribution is 0.414. The fourth-order valence-electron chi connectivity index (χ4n) is 2.89. The van der Waals surface area contributed by atoms with Crippen molar-refractivity contribution in [2.75, 3.05) is 7.11 Å². The lowest BCUT2D eigenvalue weighted by atomic mass is 9.97. The second-order valence-corrected chi connectivity index (χ2v) is 5.63. The molecule has 0 heterocycles. The number of allylic oxidation sites excluding steroid dienone is 10. The molecule has 2 aliphatic rings. The summed E-state index contributed by atoms with van der Waals surface area (Å²) >= 11 is 0. The fraction of sp³-hybridized carbons (Fsp3) is 0.238. The topological polar surface area (TPSA) is 9.23 Å². The summed E-state index contributed by atoms with van der Waals surface area (Å²) in [5.74, 6) is 0.914. The monoisotopic (exact) mass is 290 g/mol. The van der Waals surface area contributed by atoms with Crippen molar-refractivity contribution in [3.8, 4) is 5.75 Å². The molecule has 0 amide bonds. The van der Waals surface area contributed by atoms with E-state index in [1.807, 2.05) is 6.92 Å². The summed E-state index contributed by atoms with van der Waals surface area (Å²) in [6, 6.07) is 6.41. The Hall–Kier alpha value is -2.28. The van der Waals surface area contributed by atoms with Crippen LogP contribution in [0.4, 0.5) is 0 Å². The maximum absolute atomic E-state index is 5.43. The predicted octanol–water partition coefficient (Wildman–Crippen LogP) is 5.72. The van der Waals surface area contributed by atoms with Crippen molar-refractivity contribution in [2.45, 2.75) is 26.7 Å². The molecule has 1 heteroatoms. The summed E-state index contributed by atoms with van der Waals surface area (Å²) in [5, 5.41) is 0. The summed E-state index contributed by atoms with van der Waals surface area (Å²) in [6.07, 6.45) is 15.4. The first-order valence-corrected chi connectivity index (χ1v) is 7.87. The van der Waals surface area contributed by atoms with E-state index in [0.29, 0.717) is 0 Å². The van der Waals surface area contributed by atoms with Gasteiger partial charge >= 0.3 is 0 Å². The third kappa shape index (κ3) is 2.71. The van der Waals surface area contributed by atoms with Gasteiger partial charge in [0.15, 0.2) is 0 Å². The van der Waals surface area contributed by atoms with Gasteiger partial charge in [-0.2, -0.15) is 0 Å². The summed E-state index contributed by atoms with van der Waals surface area (Å²) in [7, 11) is 1.73. The molecule has 0 radical (unpaired) electrons. The Balaban J connectivity index is 2.16. The second kappa shape index (κ2) is 6.23. The average molecular weight is 290 g/mol. The number of hydrogen-bond acceptors (Lipinski definition) is 1. The van der Waals surface area contributed by atoms with Crippen molar-refractivity contribution in [1.82, 2.24) is 0 Å². The van der Waals surface area contributed by atoms with E-state index in [4.69, 9.17) is 4.74 Å². The van der Waals surface area contributed by atoms with Crippen molar-refractivity contribution < 1.29 is 4.74 Å². The molecule has 0 saturated heterocycles. The molecule has 3 rings (SSSR count). The quantitative estimate of drug-likeness (QED) is 0.644. The molecule has 1 fully saturated rings. The minimum Gasteiger partial charge on any atom is -0.497 e. The Morgan fingerprint density at radius 3 is 2.55 bits per heavy atom. The normalized spacial score (nSPS) is 17.4. The zero-order valence-electron chi connectivity index (χ0n) is 13.5. The molecule has 0 atom stereocenters. The molecule has 0 aromatic heterocycles. The summed E-state index contributed by atoms with van der Waals surface area (Å²) in [5.41, 5.74) is 8.16. The maximum Gasteiger partial charge on any atom is 0.119 e. The summed E-state index contributed by atoms with van der Waals surface area (Å²) < 4.78 is 5.43. The van der Waals surface area contributed by atoms with Gasteiger partial charge < -0.3 is 4.74 Å². The number of benzene rings is 1. The Bertz CT molecular complexity index is 733. The first-order chi connectivity index (χ1) is 10.8. The van der Waals surface area contributed by atoms with Gasteiger partial charge in [-0.15, -0.1) is 0 Å². The van der Waals surface area contributed by atoms with Gasteiger partial charge in [0.05, 0.1) is 7.11 Å². The number of hydrogen-bond donors (Lipinski definition) is 0. The number of ether oxygens (including phenoxy) is 1. The van der Waals surface area contributed by atoms with Crippen LogP contribution in [0.1, 0.15) is 37.8 Å². The Labute approximate surface area is 133 Å². The SMILES string of the molecule is C\C=C/C=C(\C=C/C)C1=CC(=C2CC2)c2ccc(OC)cc21. The van der Waals surface area contributed by atoms with Crippen LogP contribution in [-0.4, -0.2) is 7.11 Å². The van der Waals surface area contributed by atoms with Gasteiger partial charge in [0.1, 0.15) is 5.75 Å². The van der Waals surface area contributed by atoms with Gasteiger partial charge in [-0.1, -0.05) is 42.0 Å². The van der Waals surface area contributed by atoms with Crippen LogP contribution in [0.5, 0.6) is 5.75 Å². The van der Waals surface area contributed by atoms with E-state index in [-0.39, 0.29) is 0 Å². The molecule has 1 nitrogen and oxygen atoms in total. The molecule has 0 bridgehead atoms. The van der Waals surface area contributed by atoms with E-state index < -0.39 is 0 Å². The fourth-order valence-corrected chi connectivity index (χ4v) is 2.89. The Morgan fingerprint density at radius 2 is 1.91 bits per heavy atom. The highest BCUT2D eigenvalue weighted by Crippen LogP contribution is 2.47. The maximum atomic E-state index is 5.43. The lowest BCUT2D eigenvalue weighted by Gasteiger charge is -2.09. The standard InChI is InChI=1S/C21H22O/c1-4-6-8-15(7-5-2)20-14-19(16-9-10-16)18-12-11-17(22-3)13-21(18)20/h4-8,11-14H,9-10H2,1-3H3/b6-4-,7-5-,15-8+.